The van der Waals surface area contributed by atoms with Crippen LogP contribution in [-0.2, 0) is 19.1 Å². The van der Waals surface area contributed by atoms with Crippen LogP contribution in [-0.4, -0.2) is 36.9 Å². The van der Waals surface area contributed by atoms with Gasteiger partial charge in [-0.15, -0.1) is 0 Å². The molecule has 0 saturated carbocycles. The Kier molecular flexibility index (Phi) is 5.03. The number of carbonyl (C=O) groups excluding carboxylic acids is 1. The number of methoxy groups -OCH3 is 1. The fourth-order valence-corrected chi connectivity index (χ4v) is 0.583. The van der Waals surface area contributed by atoms with E-state index in [1.807, 2.05) is 6.92 Å². The largest absolute Gasteiger partial charge is 0.479 e. The van der Waals surface area contributed by atoms with E-state index in [0.717, 1.165) is 7.11 Å². The van der Waals surface area contributed by atoms with Gasteiger partial charge in [0, 0.05) is 6.61 Å². The van der Waals surface area contributed by atoms with Gasteiger partial charge in [-0.05, 0) is 6.42 Å². The van der Waals surface area contributed by atoms with Gasteiger partial charge in [0.2, 0.25) is 0 Å². The highest BCUT2D eigenvalue weighted by Gasteiger charge is 2.27. The van der Waals surface area contributed by atoms with Crippen LogP contribution in [0, 0.1) is 0 Å². The van der Waals surface area contributed by atoms with E-state index in [1.165, 1.54) is 0 Å². The molecule has 1 N–H and O–H groups in total. The maximum atomic E-state index is 10.7. The van der Waals surface area contributed by atoms with Gasteiger partial charge in [-0.2, -0.15) is 0 Å². The first kappa shape index (κ1) is 10.9. The highest BCUT2D eigenvalue weighted by Crippen LogP contribution is 1.96. The zero-order valence-electron chi connectivity index (χ0n) is 7.07. The first-order valence-electron chi connectivity index (χ1n) is 3.55. The minimum Gasteiger partial charge on any atom is -0.479 e. The molecule has 5 nitrogen and oxygen atoms in total. The van der Waals surface area contributed by atoms with Crippen molar-refractivity contribution < 1.29 is 24.2 Å². The first-order chi connectivity index (χ1) is 5.63. The molecule has 0 radical (unpaired) electrons. The fraction of sp³-hybridized carbons (Fsp3) is 0.714. The molecule has 12 heavy (non-hydrogen) atoms. The molecule has 5 heteroatoms. The number of aliphatic carboxylic acids is 1. The van der Waals surface area contributed by atoms with Crippen LogP contribution in [0.5, 0.6) is 0 Å². The van der Waals surface area contributed by atoms with Crippen LogP contribution in [0.25, 0.3) is 0 Å². The third kappa shape index (κ3) is 3.34. The summed E-state index contributed by atoms with van der Waals surface area (Å²) in [5, 5.41) is 8.48. The number of esters is 1. The number of rotatable bonds is 5. The van der Waals surface area contributed by atoms with Gasteiger partial charge in [-0.1, -0.05) is 6.92 Å². The van der Waals surface area contributed by atoms with E-state index in [4.69, 9.17) is 9.84 Å². The zero-order valence-corrected chi connectivity index (χ0v) is 7.07. The van der Waals surface area contributed by atoms with E-state index in [0.29, 0.717) is 6.42 Å². The first-order valence-corrected chi connectivity index (χ1v) is 3.55. The van der Waals surface area contributed by atoms with Crippen molar-refractivity contribution in [3.8, 4) is 0 Å². The summed E-state index contributed by atoms with van der Waals surface area (Å²) in [4.78, 5) is 21.1. The number of carboxylic acid groups (broad SMARTS) is 1. The van der Waals surface area contributed by atoms with Gasteiger partial charge >= 0.3 is 11.9 Å². The van der Waals surface area contributed by atoms with Crippen LogP contribution in [0.2, 0.25) is 0 Å². The Morgan fingerprint density at radius 3 is 2.42 bits per heavy atom. The summed E-state index contributed by atoms with van der Waals surface area (Å²) in [6.07, 6.45) is -0.837. The number of hydrogen-bond donors (Lipinski definition) is 1. The van der Waals surface area contributed by atoms with Crippen molar-refractivity contribution in [2.45, 2.75) is 19.4 Å². The molecular weight excluding hydrogens is 164 g/mol. The lowest BCUT2D eigenvalue weighted by Crippen LogP contribution is -2.34. The van der Waals surface area contributed by atoms with Crippen LogP contribution in [0.4, 0.5) is 0 Å². The average molecular weight is 176 g/mol. The predicted molar refractivity (Wildman–Crippen MR) is 39.7 cm³/mol. The second-order valence-electron chi connectivity index (χ2n) is 2.11. The highest BCUT2D eigenvalue weighted by atomic mass is 16.6. The fourth-order valence-electron chi connectivity index (χ4n) is 0.583. The monoisotopic (exact) mass is 176 g/mol. The third-order valence-corrected chi connectivity index (χ3v) is 1.13. The number of carboxylic acids is 1. The van der Waals surface area contributed by atoms with Gasteiger partial charge in [0.15, 0.2) is 0 Å². The van der Waals surface area contributed by atoms with Crippen LogP contribution < -0.4 is 0 Å². The molecule has 0 heterocycles. The average Bonchev–Trinajstić information content (AvgIpc) is 2.04. The third-order valence-electron chi connectivity index (χ3n) is 1.13. The standard InChI is InChI=1S/C7H12O5/c1-3-4-12-5(6(8)9)7(10)11-2/h5H,3-4H2,1-2H3,(H,8,9). The molecule has 0 aromatic heterocycles. The molecule has 1 unspecified atom stereocenters. The van der Waals surface area contributed by atoms with Gasteiger partial charge in [-0.25, -0.2) is 9.59 Å². The molecule has 0 aliphatic heterocycles. The Morgan fingerprint density at radius 2 is 2.08 bits per heavy atom. The van der Waals surface area contributed by atoms with Crippen molar-refractivity contribution in [1.29, 1.82) is 0 Å². The van der Waals surface area contributed by atoms with E-state index in [1.54, 1.807) is 0 Å². The Balaban J connectivity index is 4.04. The quantitative estimate of drug-likeness (QED) is 0.473. The summed E-state index contributed by atoms with van der Waals surface area (Å²) in [5.74, 6) is -2.20. The molecule has 0 amide bonds. The van der Waals surface area contributed by atoms with E-state index in [9.17, 15) is 9.59 Å². The van der Waals surface area contributed by atoms with E-state index in [2.05, 4.69) is 4.74 Å². The maximum Gasteiger partial charge on any atom is 0.346 e. The zero-order chi connectivity index (χ0) is 9.56. The van der Waals surface area contributed by atoms with Crippen molar-refractivity contribution in [1.82, 2.24) is 0 Å². The van der Waals surface area contributed by atoms with Crippen molar-refractivity contribution >= 4 is 11.9 Å². The van der Waals surface area contributed by atoms with E-state index >= 15 is 0 Å². The molecule has 0 saturated heterocycles. The molecule has 0 rings (SSSR count). The Morgan fingerprint density at radius 1 is 1.50 bits per heavy atom. The second kappa shape index (κ2) is 5.54. The summed E-state index contributed by atoms with van der Waals surface area (Å²) in [6, 6.07) is 0. The normalized spacial score (nSPS) is 12.2. The second-order valence-corrected chi connectivity index (χ2v) is 2.11. The van der Waals surface area contributed by atoms with E-state index in [-0.39, 0.29) is 6.61 Å². The minimum absolute atomic E-state index is 0.228. The Bertz CT molecular complexity index is 165. The molecule has 1 atom stereocenters. The van der Waals surface area contributed by atoms with Crippen LogP contribution in [0.15, 0.2) is 0 Å². The molecule has 0 fully saturated rings. The molecule has 0 aromatic carbocycles. The van der Waals surface area contributed by atoms with Gasteiger partial charge < -0.3 is 14.6 Å². The van der Waals surface area contributed by atoms with Gasteiger partial charge in [0.1, 0.15) is 0 Å². The van der Waals surface area contributed by atoms with Crippen molar-refractivity contribution in [2.75, 3.05) is 13.7 Å². The smallest absolute Gasteiger partial charge is 0.346 e. The SMILES string of the molecule is CCCOC(C(=O)O)C(=O)OC. The summed E-state index contributed by atoms with van der Waals surface area (Å²) in [7, 11) is 1.12. The summed E-state index contributed by atoms with van der Waals surface area (Å²) in [6.45, 7) is 2.04. The molecule has 0 aromatic rings. The minimum atomic E-state index is -1.49. The molecule has 0 aliphatic rings. The summed E-state index contributed by atoms with van der Waals surface area (Å²) >= 11 is 0. The lowest BCUT2D eigenvalue weighted by Gasteiger charge is -2.09. The molecule has 70 valence electrons. The van der Waals surface area contributed by atoms with Gasteiger partial charge in [0.05, 0.1) is 7.11 Å². The number of carbonyl (C=O) groups is 2. The van der Waals surface area contributed by atoms with Gasteiger partial charge in [-0.3, -0.25) is 0 Å². The summed E-state index contributed by atoms with van der Waals surface area (Å²) < 4.78 is 8.96. The van der Waals surface area contributed by atoms with Gasteiger partial charge in [0.25, 0.3) is 6.10 Å². The van der Waals surface area contributed by atoms with Crippen LogP contribution in [0.3, 0.4) is 0 Å². The lowest BCUT2D eigenvalue weighted by atomic mass is 10.3. The van der Waals surface area contributed by atoms with Crippen LogP contribution in [0.1, 0.15) is 13.3 Å². The number of ether oxygens (including phenoxy) is 2. The molecule has 0 aliphatic carbocycles. The summed E-state index contributed by atoms with van der Waals surface area (Å²) in [5.41, 5.74) is 0. The Labute approximate surface area is 70.3 Å². The predicted octanol–water partition coefficient (Wildman–Crippen LogP) is 0.0392. The molecular formula is C7H12O5. The van der Waals surface area contributed by atoms with Crippen LogP contribution >= 0.6 is 0 Å². The topological polar surface area (TPSA) is 72.8 Å². The molecule has 0 spiro atoms. The van der Waals surface area contributed by atoms with Crippen molar-refractivity contribution in [3.63, 3.8) is 0 Å². The Hall–Kier alpha value is -1.10. The van der Waals surface area contributed by atoms with Crippen molar-refractivity contribution in [2.24, 2.45) is 0 Å². The lowest BCUT2D eigenvalue weighted by molar-refractivity contribution is -0.167. The number of hydrogen-bond acceptors (Lipinski definition) is 4. The van der Waals surface area contributed by atoms with E-state index < -0.39 is 18.0 Å². The van der Waals surface area contributed by atoms with Crippen molar-refractivity contribution in [3.05, 3.63) is 0 Å². The molecule has 0 bridgehead atoms. The highest BCUT2D eigenvalue weighted by molar-refractivity contribution is 5.96. The maximum absolute atomic E-state index is 10.7.